The van der Waals surface area contributed by atoms with Crippen molar-refractivity contribution in [2.24, 2.45) is 10.9 Å². The van der Waals surface area contributed by atoms with E-state index in [1.807, 2.05) is 6.21 Å². The van der Waals surface area contributed by atoms with Gasteiger partial charge in [-0.2, -0.15) is 0 Å². The molecular weight excluding hydrogens is 86.1 g/mol. The molecule has 0 unspecified atom stereocenters. The average molecular weight is 97.2 g/mol. The number of hydrogen-bond acceptors (Lipinski definition) is 1. The summed E-state index contributed by atoms with van der Waals surface area (Å²) in [7, 11) is 0. The number of aliphatic imine (C=N–C) groups is 1. The van der Waals surface area contributed by atoms with E-state index in [9.17, 15) is 0 Å². The van der Waals surface area contributed by atoms with Crippen molar-refractivity contribution >= 4 is 6.21 Å². The molecule has 1 heteroatoms. The summed E-state index contributed by atoms with van der Waals surface area (Å²) in [6.45, 7) is 3.33. The van der Waals surface area contributed by atoms with Gasteiger partial charge in [-0.05, 0) is 25.0 Å². The molecule has 0 saturated carbocycles. The molecule has 0 aromatic rings. The monoisotopic (exact) mass is 97.1 g/mol. The quantitative estimate of drug-likeness (QED) is 0.434. The van der Waals surface area contributed by atoms with Gasteiger partial charge < -0.3 is 0 Å². The lowest BCUT2D eigenvalue weighted by Crippen LogP contribution is -2.02. The van der Waals surface area contributed by atoms with Crippen molar-refractivity contribution in [1.29, 1.82) is 0 Å². The van der Waals surface area contributed by atoms with Crippen LogP contribution in [-0.4, -0.2) is 12.8 Å². The summed E-state index contributed by atoms with van der Waals surface area (Å²) in [5.74, 6) is 0.887. The Morgan fingerprint density at radius 3 is 2.86 bits per heavy atom. The fourth-order valence-corrected chi connectivity index (χ4v) is 0.759. The molecule has 0 aromatic carbocycles. The third-order valence-electron chi connectivity index (χ3n) is 1.39. The highest BCUT2D eigenvalue weighted by atomic mass is 14.7. The van der Waals surface area contributed by atoms with Crippen LogP contribution in [0.15, 0.2) is 4.99 Å². The standard InChI is InChI=1S/C6H11N/c1-6-2-4-7-5-3-6/h4,6H,2-3,5H2,1H3/t6-/m0/s1. The second-order valence-electron chi connectivity index (χ2n) is 2.22. The Labute approximate surface area is 44.5 Å². The zero-order valence-corrected chi connectivity index (χ0v) is 4.72. The second kappa shape index (κ2) is 2.10. The van der Waals surface area contributed by atoms with Gasteiger partial charge in [0.2, 0.25) is 0 Å². The molecule has 0 saturated heterocycles. The topological polar surface area (TPSA) is 12.4 Å². The highest BCUT2D eigenvalue weighted by Crippen LogP contribution is 2.08. The van der Waals surface area contributed by atoms with E-state index in [0.717, 1.165) is 12.5 Å². The third kappa shape index (κ3) is 1.30. The maximum Gasteiger partial charge on any atom is 0.0388 e. The van der Waals surface area contributed by atoms with E-state index in [4.69, 9.17) is 0 Å². The number of rotatable bonds is 0. The Balaban J connectivity index is 2.32. The zero-order valence-electron chi connectivity index (χ0n) is 4.72. The molecule has 1 nitrogen and oxygen atoms in total. The third-order valence-corrected chi connectivity index (χ3v) is 1.39. The van der Waals surface area contributed by atoms with E-state index >= 15 is 0 Å². The molecule has 1 atom stereocenters. The van der Waals surface area contributed by atoms with Crippen molar-refractivity contribution in [3.05, 3.63) is 0 Å². The lowest BCUT2D eigenvalue weighted by Gasteiger charge is -2.09. The van der Waals surface area contributed by atoms with E-state index in [0.29, 0.717) is 0 Å². The highest BCUT2D eigenvalue weighted by Gasteiger charge is 2.01. The molecule has 40 valence electrons. The fraction of sp³-hybridized carbons (Fsp3) is 0.833. The molecular formula is C6H11N. The van der Waals surface area contributed by atoms with E-state index in [2.05, 4.69) is 11.9 Å². The van der Waals surface area contributed by atoms with Crippen LogP contribution in [0.4, 0.5) is 0 Å². The Hall–Kier alpha value is -0.330. The van der Waals surface area contributed by atoms with Crippen LogP contribution in [0.25, 0.3) is 0 Å². The molecule has 1 aliphatic rings. The summed E-state index contributed by atoms with van der Waals surface area (Å²) in [5, 5.41) is 0. The van der Waals surface area contributed by atoms with Crippen molar-refractivity contribution in [2.75, 3.05) is 6.54 Å². The number of nitrogens with zero attached hydrogens (tertiary/aromatic N) is 1. The van der Waals surface area contributed by atoms with Gasteiger partial charge in [0.15, 0.2) is 0 Å². The predicted molar refractivity (Wildman–Crippen MR) is 31.8 cm³/mol. The van der Waals surface area contributed by atoms with Crippen molar-refractivity contribution in [3.8, 4) is 0 Å². The van der Waals surface area contributed by atoms with E-state index < -0.39 is 0 Å². The minimum atomic E-state index is 0.887. The van der Waals surface area contributed by atoms with Gasteiger partial charge in [-0.25, -0.2) is 0 Å². The van der Waals surface area contributed by atoms with Gasteiger partial charge >= 0.3 is 0 Å². The van der Waals surface area contributed by atoms with Crippen LogP contribution in [0.2, 0.25) is 0 Å². The van der Waals surface area contributed by atoms with Crippen molar-refractivity contribution in [3.63, 3.8) is 0 Å². The highest BCUT2D eigenvalue weighted by molar-refractivity contribution is 5.58. The largest absolute Gasteiger partial charge is 0.298 e. The van der Waals surface area contributed by atoms with Crippen molar-refractivity contribution in [2.45, 2.75) is 19.8 Å². The molecule has 0 aliphatic carbocycles. The molecule has 7 heavy (non-hydrogen) atoms. The van der Waals surface area contributed by atoms with Crippen molar-refractivity contribution in [1.82, 2.24) is 0 Å². The van der Waals surface area contributed by atoms with Gasteiger partial charge in [0.25, 0.3) is 0 Å². The first-order valence-electron chi connectivity index (χ1n) is 2.88. The van der Waals surface area contributed by atoms with Gasteiger partial charge in [0.1, 0.15) is 0 Å². The van der Waals surface area contributed by atoms with E-state index in [1.165, 1.54) is 12.8 Å². The smallest absolute Gasteiger partial charge is 0.0388 e. The minimum Gasteiger partial charge on any atom is -0.298 e. The molecule has 0 spiro atoms. The summed E-state index contributed by atoms with van der Waals surface area (Å²) in [4.78, 5) is 4.10. The first-order chi connectivity index (χ1) is 3.39. The van der Waals surface area contributed by atoms with Crippen molar-refractivity contribution < 1.29 is 0 Å². The van der Waals surface area contributed by atoms with Gasteiger partial charge in [-0.3, -0.25) is 4.99 Å². The Bertz CT molecular complexity index is 76.2. The zero-order chi connectivity index (χ0) is 5.11. The van der Waals surface area contributed by atoms with E-state index in [1.54, 1.807) is 0 Å². The van der Waals surface area contributed by atoms with Gasteiger partial charge in [0, 0.05) is 6.54 Å². The second-order valence-corrected chi connectivity index (χ2v) is 2.22. The first kappa shape index (κ1) is 4.82. The van der Waals surface area contributed by atoms with Crippen LogP contribution in [0, 0.1) is 5.92 Å². The van der Waals surface area contributed by atoms with Gasteiger partial charge in [-0.15, -0.1) is 0 Å². The first-order valence-corrected chi connectivity index (χ1v) is 2.88. The average Bonchev–Trinajstić information content (AvgIpc) is 1.69. The summed E-state index contributed by atoms with van der Waals surface area (Å²) in [5.41, 5.74) is 0. The normalized spacial score (nSPS) is 30.7. The van der Waals surface area contributed by atoms with Crippen LogP contribution >= 0.6 is 0 Å². The molecule has 0 aromatic heterocycles. The van der Waals surface area contributed by atoms with Gasteiger partial charge in [0.05, 0.1) is 0 Å². The lowest BCUT2D eigenvalue weighted by atomic mass is 10.0. The molecule has 0 N–H and O–H groups in total. The van der Waals surface area contributed by atoms with Crippen LogP contribution in [0.3, 0.4) is 0 Å². The molecule has 0 radical (unpaired) electrons. The SMILES string of the molecule is C[C@H]1CC=NCC1. The predicted octanol–water partition coefficient (Wildman–Crippen LogP) is 1.49. The Morgan fingerprint density at radius 2 is 2.57 bits per heavy atom. The molecule has 0 bridgehead atoms. The fourth-order valence-electron chi connectivity index (χ4n) is 0.759. The van der Waals surface area contributed by atoms with Crippen LogP contribution < -0.4 is 0 Å². The maximum atomic E-state index is 4.10. The molecule has 0 amide bonds. The Morgan fingerprint density at radius 1 is 1.71 bits per heavy atom. The van der Waals surface area contributed by atoms with Crippen LogP contribution in [0.1, 0.15) is 19.8 Å². The summed E-state index contributed by atoms with van der Waals surface area (Å²) < 4.78 is 0. The van der Waals surface area contributed by atoms with Crippen LogP contribution in [-0.2, 0) is 0 Å². The molecule has 0 fully saturated rings. The Kier molecular flexibility index (Phi) is 1.45. The summed E-state index contributed by atoms with van der Waals surface area (Å²) in [6.07, 6.45) is 4.52. The number of hydrogen-bond donors (Lipinski definition) is 0. The maximum absolute atomic E-state index is 4.10. The van der Waals surface area contributed by atoms with E-state index in [-0.39, 0.29) is 0 Å². The minimum absolute atomic E-state index is 0.887. The molecule has 1 aliphatic heterocycles. The molecule has 1 heterocycles. The summed E-state index contributed by atoms with van der Waals surface area (Å²) in [6, 6.07) is 0. The molecule has 1 rings (SSSR count). The lowest BCUT2D eigenvalue weighted by molar-refractivity contribution is 0.548. The summed E-state index contributed by atoms with van der Waals surface area (Å²) >= 11 is 0. The van der Waals surface area contributed by atoms with Gasteiger partial charge in [-0.1, -0.05) is 6.92 Å². The van der Waals surface area contributed by atoms with Crippen LogP contribution in [0.5, 0.6) is 0 Å².